The van der Waals surface area contributed by atoms with E-state index in [1.54, 1.807) is 6.07 Å². The lowest BCUT2D eigenvalue weighted by molar-refractivity contribution is -0.147. The highest BCUT2D eigenvalue weighted by atomic mass is 16.6. The van der Waals surface area contributed by atoms with Crippen molar-refractivity contribution in [1.29, 1.82) is 0 Å². The SMILES string of the molecule is Cc1cccc(OCC(=O)OCc2cc(=O)oc3cc(C)c(C(C)C)cc23)c1. The Morgan fingerprint density at radius 1 is 1.11 bits per heavy atom. The van der Waals surface area contributed by atoms with Crippen LogP contribution in [0.4, 0.5) is 0 Å². The largest absolute Gasteiger partial charge is 0.482 e. The molecule has 0 saturated heterocycles. The maximum Gasteiger partial charge on any atom is 0.344 e. The van der Waals surface area contributed by atoms with Gasteiger partial charge in [0, 0.05) is 17.0 Å². The van der Waals surface area contributed by atoms with Gasteiger partial charge in [0.05, 0.1) is 0 Å². The van der Waals surface area contributed by atoms with E-state index in [0.29, 0.717) is 22.8 Å². The highest BCUT2D eigenvalue weighted by molar-refractivity contribution is 5.82. The van der Waals surface area contributed by atoms with Crippen LogP contribution in [0.25, 0.3) is 11.0 Å². The van der Waals surface area contributed by atoms with Crippen molar-refractivity contribution >= 4 is 16.9 Å². The van der Waals surface area contributed by atoms with Gasteiger partial charge in [0.25, 0.3) is 0 Å². The van der Waals surface area contributed by atoms with Crippen molar-refractivity contribution in [2.24, 2.45) is 0 Å². The number of hydrogen-bond acceptors (Lipinski definition) is 5. The molecule has 0 aliphatic heterocycles. The maximum atomic E-state index is 12.1. The average Bonchev–Trinajstić information content (AvgIpc) is 2.63. The van der Waals surface area contributed by atoms with Gasteiger partial charge in [-0.1, -0.05) is 26.0 Å². The molecule has 146 valence electrons. The zero-order chi connectivity index (χ0) is 20.3. The molecule has 0 aliphatic carbocycles. The summed E-state index contributed by atoms with van der Waals surface area (Å²) in [5, 5.41) is 0.779. The highest BCUT2D eigenvalue weighted by Crippen LogP contribution is 2.27. The summed E-state index contributed by atoms with van der Waals surface area (Å²) < 4.78 is 16.1. The summed E-state index contributed by atoms with van der Waals surface area (Å²) in [6.45, 7) is 7.94. The zero-order valence-corrected chi connectivity index (χ0v) is 16.6. The Bertz CT molecular complexity index is 1060. The van der Waals surface area contributed by atoms with Crippen molar-refractivity contribution in [3.05, 3.63) is 75.1 Å². The molecule has 0 bridgehead atoms. The summed E-state index contributed by atoms with van der Waals surface area (Å²) in [6, 6.07) is 12.7. The Hall–Kier alpha value is -3.08. The Kier molecular flexibility index (Phi) is 5.83. The van der Waals surface area contributed by atoms with Crippen LogP contribution in [0.1, 0.15) is 42.0 Å². The third kappa shape index (κ3) is 4.60. The van der Waals surface area contributed by atoms with E-state index >= 15 is 0 Å². The van der Waals surface area contributed by atoms with Crippen LogP contribution < -0.4 is 10.4 Å². The summed E-state index contributed by atoms with van der Waals surface area (Å²) in [5.74, 6) is 0.438. The van der Waals surface area contributed by atoms with E-state index in [2.05, 4.69) is 13.8 Å². The molecule has 5 heteroatoms. The standard InChI is InChI=1S/C23H24O5/c1-14(2)19-11-20-17(10-22(24)28-21(20)9-16(19)4)12-27-23(25)13-26-18-7-5-6-15(3)8-18/h5-11,14H,12-13H2,1-4H3. The van der Waals surface area contributed by atoms with Gasteiger partial charge in [-0.25, -0.2) is 9.59 Å². The molecule has 0 amide bonds. The van der Waals surface area contributed by atoms with Gasteiger partial charge in [-0.2, -0.15) is 0 Å². The fraction of sp³-hybridized carbons (Fsp3) is 0.304. The van der Waals surface area contributed by atoms with Gasteiger partial charge in [-0.15, -0.1) is 0 Å². The molecule has 0 N–H and O–H groups in total. The topological polar surface area (TPSA) is 65.7 Å². The van der Waals surface area contributed by atoms with Crippen LogP contribution in [-0.4, -0.2) is 12.6 Å². The van der Waals surface area contributed by atoms with Gasteiger partial charge in [0.15, 0.2) is 6.61 Å². The van der Waals surface area contributed by atoms with Gasteiger partial charge in [0.2, 0.25) is 0 Å². The quantitative estimate of drug-likeness (QED) is 0.460. The van der Waals surface area contributed by atoms with Crippen LogP contribution >= 0.6 is 0 Å². The van der Waals surface area contributed by atoms with Crippen molar-refractivity contribution in [3.8, 4) is 5.75 Å². The summed E-state index contributed by atoms with van der Waals surface area (Å²) in [5.41, 5.74) is 3.92. The van der Waals surface area contributed by atoms with Crippen LogP contribution in [0, 0.1) is 13.8 Å². The summed E-state index contributed by atoms with van der Waals surface area (Å²) in [4.78, 5) is 24.0. The van der Waals surface area contributed by atoms with Crippen LogP contribution in [-0.2, 0) is 16.1 Å². The van der Waals surface area contributed by atoms with Gasteiger partial charge in [-0.05, 0) is 60.7 Å². The number of carbonyl (C=O) groups excluding carboxylic acids is 1. The molecule has 0 atom stereocenters. The molecule has 0 spiro atoms. The number of ether oxygens (including phenoxy) is 2. The predicted octanol–water partition coefficient (Wildman–Crippen LogP) is 4.66. The summed E-state index contributed by atoms with van der Waals surface area (Å²) in [6.07, 6.45) is 0. The number of aryl methyl sites for hydroxylation is 2. The molecular formula is C23H24O5. The van der Waals surface area contributed by atoms with Crippen molar-refractivity contribution in [1.82, 2.24) is 0 Å². The number of esters is 1. The van der Waals surface area contributed by atoms with E-state index in [9.17, 15) is 9.59 Å². The Labute approximate surface area is 163 Å². The minimum absolute atomic E-state index is 0.0152. The minimum Gasteiger partial charge on any atom is -0.482 e. The average molecular weight is 380 g/mol. The predicted molar refractivity (Wildman–Crippen MR) is 108 cm³/mol. The molecule has 3 rings (SSSR count). The molecule has 28 heavy (non-hydrogen) atoms. The molecule has 1 heterocycles. The van der Waals surface area contributed by atoms with Crippen molar-refractivity contribution in [2.75, 3.05) is 6.61 Å². The van der Waals surface area contributed by atoms with Crippen molar-refractivity contribution < 1.29 is 18.7 Å². The Morgan fingerprint density at radius 3 is 2.61 bits per heavy atom. The normalized spacial score (nSPS) is 11.0. The first-order valence-electron chi connectivity index (χ1n) is 9.26. The van der Waals surface area contributed by atoms with Crippen molar-refractivity contribution in [2.45, 2.75) is 40.2 Å². The first kappa shape index (κ1) is 19.7. The number of fused-ring (bicyclic) bond motifs is 1. The van der Waals surface area contributed by atoms with E-state index in [4.69, 9.17) is 13.9 Å². The third-order valence-corrected chi connectivity index (χ3v) is 4.57. The maximum absolute atomic E-state index is 12.1. The fourth-order valence-electron chi connectivity index (χ4n) is 3.18. The van der Waals surface area contributed by atoms with Gasteiger partial charge < -0.3 is 13.9 Å². The highest BCUT2D eigenvalue weighted by Gasteiger charge is 2.13. The molecule has 5 nitrogen and oxygen atoms in total. The number of benzene rings is 2. The van der Waals surface area contributed by atoms with Crippen LogP contribution in [0.2, 0.25) is 0 Å². The Balaban J connectivity index is 1.75. The van der Waals surface area contributed by atoms with Gasteiger partial charge >= 0.3 is 11.6 Å². The molecular weight excluding hydrogens is 356 g/mol. The summed E-state index contributed by atoms with van der Waals surface area (Å²) in [7, 11) is 0. The monoisotopic (exact) mass is 380 g/mol. The van der Waals surface area contributed by atoms with Gasteiger partial charge in [0.1, 0.15) is 17.9 Å². The van der Waals surface area contributed by atoms with Crippen molar-refractivity contribution in [3.63, 3.8) is 0 Å². The van der Waals surface area contributed by atoms with E-state index in [-0.39, 0.29) is 13.2 Å². The Morgan fingerprint density at radius 2 is 1.89 bits per heavy atom. The first-order valence-corrected chi connectivity index (χ1v) is 9.26. The lowest BCUT2D eigenvalue weighted by Gasteiger charge is -2.13. The van der Waals surface area contributed by atoms with Crippen LogP contribution in [0.3, 0.4) is 0 Å². The van der Waals surface area contributed by atoms with Crippen LogP contribution in [0.15, 0.2) is 51.7 Å². The molecule has 3 aromatic rings. The van der Waals surface area contributed by atoms with E-state index in [1.165, 1.54) is 6.07 Å². The molecule has 1 aromatic heterocycles. The van der Waals surface area contributed by atoms with E-state index in [1.807, 2.05) is 44.2 Å². The van der Waals surface area contributed by atoms with E-state index in [0.717, 1.165) is 22.1 Å². The molecule has 0 unspecified atom stereocenters. The number of hydrogen-bond donors (Lipinski definition) is 0. The van der Waals surface area contributed by atoms with E-state index < -0.39 is 11.6 Å². The van der Waals surface area contributed by atoms with Crippen LogP contribution in [0.5, 0.6) is 5.75 Å². The molecule has 0 aliphatic rings. The first-order chi connectivity index (χ1) is 13.3. The second-order valence-corrected chi connectivity index (χ2v) is 7.22. The fourth-order valence-corrected chi connectivity index (χ4v) is 3.18. The van der Waals surface area contributed by atoms with Gasteiger partial charge in [-0.3, -0.25) is 0 Å². The second-order valence-electron chi connectivity index (χ2n) is 7.22. The number of carbonyl (C=O) groups is 1. The smallest absolute Gasteiger partial charge is 0.344 e. The molecule has 0 saturated carbocycles. The minimum atomic E-state index is -0.501. The lowest BCUT2D eigenvalue weighted by atomic mass is 9.95. The molecule has 2 aromatic carbocycles. The number of rotatable bonds is 6. The lowest BCUT2D eigenvalue weighted by Crippen LogP contribution is -2.15. The summed E-state index contributed by atoms with van der Waals surface area (Å²) >= 11 is 0. The zero-order valence-electron chi connectivity index (χ0n) is 16.6. The third-order valence-electron chi connectivity index (χ3n) is 4.57. The second kappa shape index (κ2) is 8.30. The molecule has 0 radical (unpaired) electrons. The molecule has 0 fully saturated rings.